The number of amides is 1. The minimum atomic E-state index is -0.252. The lowest BCUT2D eigenvalue weighted by molar-refractivity contribution is 0.175. The molecule has 2 aromatic rings. The number of thiazole rings is 1. The molecule has 1 aromatic heterocycles. The zero-order valence-electron chi connectivity index (χ0n) is 14.9. The third kappa shape index (κ3) is 2.93. The first-order valence-electron chi connectivity index (χ1n) is 9.62. The van der Waals surface area contributed by atoms with E-state index in [4.69, 9.17) is 9.72 Å². The molecule has 0 radical (unpaired) electrons. The van der Waals surface area contributed by atoms with Crippen LogP contribution in [0.4, 0.5) is 15.6 Å². The van der Waals surface area contributed by atoms with Crippen LogP contribution in [0.15, 0.2) is 18.2 Å². The molecule has 0 N–H and O–H groups in total. The molecule has 0 aliphatic carbocycles. The van der Waals surface area contributed by atoms with Crippen LogP contribution in [-0.2, 0) is 4.74 Å². The molecule has 138 valence electrons. The number of hydrogen-bond donors (Lipinski definition) is 0. The molecule has 1 atom stereocenters. The zero-order chi connectivity index (χ0) is 17.5. The number of rotatable bonds is 3. The van der Waals surface area contributed by atoms with Gasteiger partial charge in [-0.15, -0.1) is 0 Å². The molecular formula is C19H24N4O2S. The van der Waals surface area contributed by atoms with Gasteiger partial charge in [-0.1, -0.05) is 17.8 Å². The van der Waals surface area contributed by atoms with E-state index in [0.717, 1.165) is 34.1 Å². The number of likely N-dealkylation sites (tertiary alicyclic amines) is 1. The summed E-state index contributed by atoms with van der Waals surface area (Å²) < 4.78 is 6.19. The van der Waals surface area contributed by atoms with Crippen molar-refractivity contribution in [3.05, 3.63) is 18.2 Å². The standard InChI is InChI=1S/C19H24N4O2S/c24-19-23(10-11-25-19)14-4-5-16-17(12-14)26-18(20-16)22-9-6-15(13-22)21-7-2-1-3-8-21/h4-5,12,15H,1-3,6-11,13H2/t15-/m1/s1. The largest absolute Gasteiger partial charge is 0.447 e. The second kappa shape index (κ2) is 6.70. The van der Waals surface area contributed by atoms with Crippen LogP contribution in [-0.4, -0.2) is 61.3 Å². The van der Waals surface area contributed by atoms with Crippen LogP contribution in [0.25, 0.3) is 10.2 Å². The normalized spacial score (nSPS) is 24.6. The highest BCUT2D eigenvalue weighted by molar-refractivity contribution is 7.22. The van der Waals surface area contributed by atoms with Crippen LogP contribution < -0.4 is 9.80 Å². The van der Waals surface area contributed by atoms with Gasteiger partial charge in [0.25, 0.3) is 0 Å². The van der Waals surface area contributed by atoms with Gasteiger partial charge < -0.3 is 9.64 Å². The third-order valence-electron chi connectivity index (χ3n) is 5.77. The molecule has 0 unspecified atom stereocenters. The van der Waals surface area contributed by atoms with Crippen LogP contribution >= 0.6 is 11.3 Å². The molecule has 4 heterocycles. The molecule has 3 aliphatic rings. The first-order valence-corrected chi connectivity index (χ1v) is 10.4. The maximum Gasteiger partial charge on any atom is 0.414 e. The number of ether oxygens (including phenoxy) is 1. The molecule has 0 bridgehead atoms. The Kier molecular flexibility index (Phi) is 4.21. The summed E-state index contributed by atoms with van der Waals surface area (Å²) in [5, 5.41) is 1.11. The van der Waals surface area contributed by atoms with Crippen molar-refractivity contribution in [1.29, 1.82) is 0 Å². The topological polar surface area (TPSA) is 48.9 Å². The van der Waals surface area contributed by atoms with Crippen molar-refractivity contribution in [2.45, 2.75) is 31.7 Å². The van der Waals surface area contributed by atoms with E-state index in [1.807, 2.05) is 12.1 Å². The van der Waals surface area contributed by atoms with E-state index in [2.05, 4.69) is 15.9 Å². The Labute approximate surface area is 157 Å². The quantitative estimate of drug-likeness (QED) is 0.827. The van der Waals surface area contributed by atoms with E-state index >= 15 is 0 Å². The van der Waals surface area contributed by atoms with Crippen molar-refractivity contribution in [2.75, 3.05) is 49.1 Å². The fourth-order valence-electron chi connectivity index (χ4n) is 4.33. The highest BCUT2D eigenvalue weighted by Gasteiger charge is 2.30. The van der Waals surface area contributed by atoms with Crippen molar-refractivity contribution in [3.63, 3.8) is 0 Å². The summed E-state index contributed by atoms with van der Waals surface area (Å²) >= 11 is 1.73. The Balaban J connectivity index is 1.34. The summed E-state index contributed by atoms with van der Waals surface area (Å²) in [6.45, 7) is 5.79. The molecule has 0 saturated carbocycles. The van der Waals surface area contributed by atoms with E-state index < -0.39 is 0 Å². The minimum absolute atomic E-state index is 0.252. The molecule has 0 spiro atoms. The number of fused-ring (bicyclic) bond motifs is 1. The number of benzene rings is 1. The lowest BCUT2D eigenvalue weighted by atomic mass is 10.1. The lowest BCUT2D eigenvalue weighted by Gasteiger charge is -2.32. The fourth-order valence-corrected chi connectivity index (χ4v) is 5.36. The lowest BCUT2D eigenvalue weighted by Crippen LogP contribution is -2.40. The average molecular weight is 372 g/mol. The Morgan fingerprint density at radius 3 is 2.81 bits per heavy atom. The number of cyclic esters (lactones) is 1. The van der Waals surface area contributed by atoms with Gasteiger partial charge in [0.05, 0.1) is 16.8 Å². The maximum absolute atomic E-state index is 11.8. The molecular weight excluding hydrogens is 348 g/mol. The molecule has 7 heteroatoms. The van der Waals surface area contributed by atoms with Crippen LogP contribution in [0.2, 0.25) is 0 Å². The van der Waals surface area contributed by atoms with Gasteiger partial charge in [-0.25, -0.2) is 9.78 Å². The second-order valence-electron chi connectivity index (χ2n) is 7.40. The molecule has 3 saturated heterocycles. The third-order valence-corrected chi connectivity index (χ3v) is 6.85. The Hall–Kier alpha value is -1.86. The van der Waals surface area contributed by atoms with Crippen molar-refractivity contribution in [2.24, 2.45) is 0 Å². The van der Waals surface area contributed by atoms with Crippen LogP contribution in [0.1, 0.15) is 25.7 Å². The molecule has 1 aromatic carbocycles. The van der Waals surface area contributed by atoms with E-state index in [0.29, 0.717) is 19.2 Å². The number of nitrogens with zero attached hydrogens (tertiary/aromatic N) is 4. The summed E-state index contributed by atoms with van der Waals surface area (Å²) in [4.78, 5) is 23.5. The van der Waals surface area contributed by atoms with Crippen molar-refractivity contribution in [3.8, 4) is 0 Å². The number of carbonyl (C=O) groups is 1. The van der Waals surface area contributed by atoms with Gasteiger partial charge in [0, 0.05) is 24.8 Å². The van der Waals surface area contributed by atoms with Gasteiger partial charge >= 0.3 is 6.09 Å². The predicted molar refractivity (Wildman–Crippen MR) is 104 cm³/mol. The minimum Gasteiger partial charge on any atom is -0.447 e. The number of piperidine rings is 1. The van der Waals surface area contributed by atoms with E-state index in [9.17, 15) is 4.79 Å². The van der Waals surface area contributed by atoms with Crippen LogP contribution in [0.3, 0.4) is 0 Å². The molecule has 3 aliphatic heterocycles. The Bertz CT molecular complexity index is 817. The Morgan fingerprint density at radius 1 is 1.12 bits per heavy atom. The molecule has 3 fully saturated rings. The maximum atomic E-state index is 11.8. The number of aromatic nitrogens is 1. The highest BCUT2D eigenvalue weighted by atomic mass is 32.1. The van der Waals surface area contributed by atoms with Crippen LogP contribution in [0.5, 0.6) is 0 Å². The first kappa shape index (κ1) is 16.3. The fraction of sp³-hybridized carbons (Fsp3) is 0.579. The Morgan fingerprint density at radius 2 is 2.00 bits per heavy atom. The number of carbonyl (C=O) groups excluding carboxylic acids is 1. The summed E-state index contributed by atoms with van der Waals surface area (Å²) in [5.74, 6) is 0. The second-order valence-corrected chi connectivity index (χ2v) is 8.41. The van der Waals surface area contributed by atoms with Gasteiger partial charge in [-0.3, -0.25) is 9.80 Å². The summed E-state index contributed by atoms with van der Waals surface area (Å²) in [6, 6.07) is 6.74. The molecule has 1 amide bonds. The summed E-state index contributed by atoms with van der Waals surface area (Å²) in [6.07, 6.45) is 5.06. The van der Waals surface area contributed by atoms with Gasteiger partial charge in [-0.2, -0.15) is 0 Å². The van der Waals surface area contributed by atoms with E-state index in [1.165, 1.54) is 38.8 Å². The zero-order valence-corrected chi connectivity index (χ0v) is 15.7. The molecule has 6 nitrogen and oxygen atoms in total. The highest BCUT2D eigenvalue weighted by Crippen LogP contribution is 2.34. The molecule has 5 rings (SSSR count). The first-order chi connectivity index (χ1) is 12.8. The van der Waals surface area contributed by atoms with E-state index in [1.54, 1.807) is 16.2 Å². The number of hydrogen-bond acceptors (Lipinski definition) is 6. The van der Waals surface area contributed by atoms with Crippen LogP contribution in [0, 0.1) is 0 Å². The van der Waals surface area contributed by atoms with Gasteiger partial charge in [0.1, 0.15) is 6.61 Å². The van der Waals surface area contributed by atoms with E-state index in [-0.39, 0.29) is 6.09 Å². The monoisotopic (exact) mass is 372 g/mol. The van der Waals surface area contributed by atoms with Crippen molar-refractivity contribution >= 4 is 38.5 Å². The van der Waals surface area contributed by atoms with Gasteiger partial charge in [-0.05, 0) is 50.6 Å². The van der Waals surface area contributed by atoms with Gasteiger partial charge in [0.2, 0.25) is 0 Å². The predicted octanol–water partition coefficient (Wildman–Crippen LogP) is 3.32. The SMILES string of the molecule is O=C1OCCN1c1ccc2nc(N3CC[C@@H](N4CCCCC4)C3)sc2c1. The van der Waals surface area contributed by atoms with Crippen molar-refractivity contribution < 1.29 is 9.53 Å². The molecule has 26 heavy (non-hydrogen) atoms. The smallest absolute Gasteiger partial charge is 0.414 e. The van der Waals surface area contributed by atoms with Gasteiger partial charge in [0.15, 0.2) is 5.13 Å². The average Bonchev–Trinajstić information content (AvgIpc) is 3.40. The summed E-state index contributed by atoms with van der Waals surface area (Å²) in [7, 11) is 0. The van der Waals surface area contributed by atoms with Crippen molar-refractivity contribution in [1.82, 2.24) is 9.88 Å². The number of anilines is 2. The summed E-state index contributed by atoms with van der Waals surface area (Å²) in [5.41, 5.74) is 1.92.